The maximum Gasteiger partial charge on any atom is 0.130 e. The first kappa shape index (κ1) is 16.4. The SMILES string of the molecule is CCCNC(Cc1ccc(I)cc1)c1cccc(C)c1F. The van der Waals surface area contributed by atoms with Crippen molar-refractivity contribution >= 4 is 22.6 Å². The van der Waals surface area contributed by atoms with Crippen LogP contribution in [-0.4, -0.2) is 6.54 Å². The Bertz CT molecular complexity index is 580. The topological polar surface area (TPSA) is 12.0 Å². The van der Waals surface area contributed by atoms with E-state index in [0.29, 0.717) is 5.56 Å². The molecule has 0 bridgehead atoms. The lowest BCUT2D eigenvalue weighted by Crippen LogP contribution is -2.25. The van der Waals surface area contributed by atoms with Gasteiger partial charge in [-0.3, -0.25) is 0 Å². The number of hydrogen-bond acceptors (Lipinski definition) is 1. The molecule has 0 aliphatic heterocycles. The first-order valence-corrected chi connectivity index (χ1v) is 8.42. The fraction of sp³-hybridized carbons (Fsp3) is 0.333. The number of hydrogen-bond donors (Lipinski definition) is 1. The van der Waals surface area contributed by atoms with E-state index in [2.05, 4.69) is 59.1 Å². The number of aryl methyl sites for hydroxylation is 1. The van der Waals surface area contributed by atoms with E-state index in [4.69, 9.17) is 0 Å². The Labute approximate surface area is 140 Å². The zero-order valence-electron chi connectivity index (χ0n) is 12.5. The van der Waals surface area contributed by atoms with Crippen LogP contribution in [0.25, 0.3) is 0 Å². The van der Waals surface area contributed by atoms with Gasteiger partial charge in [-0.25, -0.2) is 4.39 Å². The van der Waals surface area contributed by atoms with E-state index < -0.39 is 0 Å². The number of rotatable bonds is 6. The highest BCUT2D eigenvalue weighted by Gasteiger charge is 2.16. The fourth-order valence-electron chi connectivity index (χ4n) is 2.41. The summed E-state index contributed by atoms with van der Waals surface area (Å²) in [5, 5.41) is 3.47. The summed E-state index contributed by atoms with van der Waals surface area (Å²) >= 11 is 2.30. The second kappa shape index (κ2) is 7.90. The van der Waals surface area contributed by atoms with Crippen molar-refractivity contribution in [1.29, 1.82) is 0 Å². The van der Waals surface area contributed by atoms with Crippen LogP contribution >= 0.6 is 22.6 Å². The first-order valence-electron chi connectivity index (χ1n) is 7.34. The lowest BCUT2D eigenvalue weighted by Gasteiger charge is -2.20. The Kier molecular flexibility index (Phi) is 6.18. The van der Waals surface area contributed by atoms with Crippen LogP contribution in [0.2, 0.25) is 0 Å². The van der Waals surface area contributed by atoms with Gasteiger partial charge in [0, 0.05) is 15.2 Å². The van der Waals surface area contributed by atoms with Crippen molar-refractivity contribution in [2.24, 2.45) is 0 Å². The molecule has 2 aromatic carbocycles. The molecule has 0 saturated carbocycles. The van der Waals surface area contributed by atoms with Gasteiger partial charge in [0.05, 0.1) is 0 Å². The van der Waals surface area contributed by atoms with Crippen molar-refractivity contribution in [3.8, 4) is 0 Å². The fourth-order valence-corrected chi connectivity index (χ4v) is 2.77. The molecule has 2 aromatic rings. The van der Waals surface area contributed by atoms with Gasteiger partial charge in [0.2, 0.25) is 0 Å². The third kappa shape index (κ3) is 4.51. The Hall–Kier alpha value is -0.940. The van der Waals surface area contributed by atoms with Gasteiger partial charge < -0.3 is 5.32 Å². The molecule has 3 heteroatoms. The van der Waals surface area contributed by atoms with Gasteiger partial charge in [-0.05, 0) is 72.2 Å². The van der Waals surface area contributed by atoms with E-state index >= 15 is 0 Å². The molecule has 21 heavy (non-hydrogen) atoms. The van der Waals surface area contributed by atoms with Crippen molar-refractivity contribution in [2.75, 3.05) is 6.54 Å². The predicted octanol–water partition coefficient (Wildman–Crippen LogP) is 5.02. The Morgan fingerprint density at radius 2 is 1.86 bits per heavy atom. The molecule has 1 nitrogen and oxygen atoms in total. The highest BCUT2D eigenvalue weighted by molar-refractivity contribution is 14.1. The molecule has 0 aliphatic carbocycles. The van der Waals surface area contributed by atoms with Gasteiger partial charge in [-0.15, -0.1) is 0 Å². The van der Waals surface area contributed by atoms with Crippen LogP contribution < -0.4 is 5.32 Å². The van der Waals surface area contributed by atoms with Crippen molar-refractivity contribution in [2.45, 2.75) is 32.7 Å². The van der Waals surface area contributed by atoms with E-state index in [1.807, 2.05) is 25.1 Å². The Morgan fingerprint density at radius 3 is 2.52 bits per heavy atom. The molecular formula is C18H21FIN. The van der Waals surface area contributed by atoms with E-state index in [9.17, 15) is 4.39 Å². The number of halogens is 2. The van der Waals surface area contributed by atoms with Crippen molar-refractivity contribution in [1.82, 2.24) is 5.32 Å². The molecule has 2 rings (SSSR count). The van der Waals surface area contributed by atoms with E-state index in [0.717, 1.165) is 24.9 Å². The maximum atomic E-state index is 14.4. The lowest BCUT2D eigenvalue weighted by atomic mass is 9.96. The van der Waals surface area contributed by atoms with Crippen molar-refractivity contribution in [3.05, 3.63) is 68.5 Å². The van der Waals surface area contributed by atoms with Crippen LogP contribution in [0, 0.1) is 16.3 Å². The summed E-state index contributed by atoms with van der Waals surface area (Å²) in [5.41, 5.74) is 2.70. The van der Waals surface area contributed by atoms with Gasteiger partial charge >= 0.3 is 0 Å². The highest BCUT2D eigenvalue weighted by Crippen LogP contribution is 2.23. The maximum absolute atomic E-state index is 14.4. The summed E-state index contributed by atoms with van der Waals surface area (Å²) in [6.07, 6.45) is 1.84. The van der Waals surface area contributed by atoms with Gasteiger partial charge in [0.15, 0.2) is 0 Å². The van der Waals surface area contributed by atoms with E-state index in [-0.39, 0.29) is 11.9 Å². The van der Waals surface area contributed by atoms with E-state index in [1.54, 1.807) is 0 Å². The lowest BCUT2D eigenvalue weighted by molar-refractivity contribution is 0.494. The average Bonchev–Trinajstić information content (AvgIpc) is 2.48. The summed E-state index contributed by atoms with van der Waals surface area (Å²) in [6.45, 7) is 4.84. The van der Waals surface area contributed by atoms with Crippen LogP contribution in [0.4, 0.5) is 4.39 Å². The second-order valence-corrected chi connectivity index (χ2v) is 6.56. The molecule has 0 aromatic heterocycles. The van der Waals surface area contributed by atoms with Crippen LogP contribution in [0.3, 0.4) is 0 Å². The molecule has 0 fully saturated rings. The molecular weight excluding hydrogens is 376 g/mol. The van der Waals surface area contributed by atoms with Crippen molar-refractivity contribution < 1.29 is 4.39 Å². The Morgan fingerprint density at radius 1 is 1.14 bits per heavy atom. The minimum Gasteiger partial charge on any atom is -0.310 e. The molecule has 0 spiro atoms. The van der Waals surface area contributed by atoms with Gasteiger partial charge in [-0.1, -0.05) is 37.3 Å². The zero-order chi connectivity index (χ0) is 15.2. The molecule has 0 radical (unpaired) electrons. The smallest absolute Gasteiger partial charge is 0.130 e. The minimum absolute atomic E-state index is 0.0184. The highest BCUT2D eigenvalue weighted by atomic mass is 127. The monoisotopic (exact) mass is 397 g/mol. The summed E-state index contributed by atoms with van der Waals surface area (Å²) in [7, 11) is 0. The van der Waals surface area contributed by atoms with Crippen LogP contribution in [0.1, 0.15) is 36.1 Å². The van der Waals surface area contributed by atoms with Crippen LogP contribution in [-0.2, 0) is 6.42 Å². The van der Waals surface area contributed by atoms with Gasteiger partial charge in [0.1, 0.15) is 5.82 Å². The Balaban J connectivity index is 2.25. The van der Waals surface area contributed by atoms with Crippen LogP contribution in [0.15, 0.2) is 42.5 Å². The molecule has 112 valence electrons. The summed E-state index contributed by atoms with van der Waals surface area (Å²) in [6, 6.07) is 14.1. The average molecular weight is 397 g/mol. The molecule has 1 atom stereocenters. The van der Waals surface area contributed by atoms with Gasteiger partial charge in [-0.2, -0.15) is 0 Å². The quantitative estimate of drug-likeness (QED) is 0.675. The molecule has 1 unspecified atom stereocenters. The van der Waals surface area contributed by atoms with E-state index in [1.165, 1.54) is 9.13 Å². The summed E-state index contributed by atoms with van der Waals surface area (Å²) in [5.74, 6) is -0.0865. The minimum atomic E-state index is -0.0865. The molecule has 0 saturated heterocycles. The third-order valence-corrected chi connectivity index (χ3v) is 4.31. The molecule has 0 amide bonds. The normalized spacial score (nSPS) is 12.4. The number of benzene rings is 2. The van der Waals surface area contributed by atoms with Gasteiger partial charge in [0.25, 0.3) is 0 Å². The summed E-state index contributed by atoms with van der Waals surface area (Å²) < 4.78 is 15.6. The van der Waals surface area contributed by atoms with Crippen molar-refractivity contribution in [3.63, 3.8) is 0 Å². The molecule has 0 aliphatic rings. The second-order valence-electron chi connectivity index (χ2n) is 5.32. The molecule has 0 heterocycles. The first-order chi connectivity index (χ1) is 10.1. The zero-order valence-corrected chi connectivity index (χ0v) is 14.7. The third-order valence-electron chi connectivity index (χ3n) is 3.59. The number of nitrogens with one attached hydrogen (secondary N) is 1. The predicted molar refractivity (Wildman–Crippen MR) is 95.0 cm³/mol. The standard InChI is InChI=1S/C18H21FIN/c1-3-11-21-17(12-14-7-9-15(20)10-8-14)16-6-4-5-13(2)18(16)19/h4-10,17,21H,3,11-12H2,1-2H3. The van der Waals surface area contributed by atoms with Crippen LogP contribution in [0.5, 0.6) is 0 Å². The largest absolute Gasteiger partial charge is 0.310 e. The summed E-state index contributed by atoms with van der Waals surface area (Å²) in [4.78, 5) is 0. The molecule has 1 N–H and O–H groups in total.